The van der Waals surface area contributed by atoms with Crippen LogP contribution in [-0.2, 0) is 20.8 Å². The van der Waals surface area contributed by atoms with Crippen LogP contribution in [0.15, 0.2) is 12.1 Å². The van der Waals surface area contributed by atoms with E-state index < -0.39 is 11.8 Å². The monoisotopic (exact) mass is 357 g/mol. The molecule has 1 amide bonds. The van der Waals surface area contributed by atoms with E-state index >= 15 is 0 Å². The molecule has 1 saturated carbocycles. The van der Waals surface area contributed by atoms with Crippen LogP contribution in [0.25, 0.3) is 0 Å². The van der Waals surface area contributed by atoms with Gasteiger partial charge < -0.3 is 4.90 Å². The van der Waals surface area contributed by atoms with Gasteiger partial charge in [-0.1, -0.05) is 24.6 Å². The van der Waals surface area contributed by atoms with Gasteiger partial charge in [0.05, 0.1) is 0 Å². The molecule has 2 rings (SSSR count). The Morgan fingerprint density at radius 2 is 1.81 bits per heavy atom. The Morgan fingerprint density at radius 3 is 2.35 bits per heavy atom. The highest BCUT2D eigenvalue weighted by atomic mass is 16.2. The summed E-state index contributed by atoms with van der Waals surface area (Å²) in [6.07, 6.45) is 1.07. The second kappa shape index (κ2) is 7.34. The van der Waals surface area contributed by atoms with Crippen molar-refractivity contribution < 1.29 is 14.4 Å². The van der Waals surface area contributed by atoms with E-state index in [0.29, 0.717) is 0 Å². The normalized spacial score (nSPS) is 20.6. The fourth-order valence-electron chi connectivity index (χ4n) is 3.83. The second-order valence-electron chi connectivity index (χ2n) is 8.54. The van der Waals surface area contributed by atoms with Crippen molar-refractivity contribution in [1.82, 2.24) is 4.90 Å². The summed E-state index contributed by atoms with van der Waals surface area (Å²) >= 11 is 0. The molecular formula is C22H31NO3. The van der Waals surface area contributed by atoms with Gasteiger partial charge in [0.2, 0.25) is 5.91 Å². The lowest BCUT2D eigenvalue weighted by Gasteiger charge is -2.32. The molecule has 0 saturated heterocycles. The number of hydrogen-bond acceptors (Lipinski definition) is 3. The molecule has 1 aliphatic rings. The van der Waals surface area contributed by atoms with Gasteiger partial charge in [0, 0.05) is 31.3 Å². The summed E-state index contributed by atoms with van der Waals surface area (Å²) in [4.78, 5) is 39.9. The molecule has 2 atom stereocenters. The van der Waals surface area contributed by atoms with E-state index in [9.17, 15) is 14.4 Å². The van der Waals surface area contributed by atoms with E-state index in [1.165, 1.54) is 0 Å². The third kappa shape index (κ3) is 3.89. The van der Waals surface area contributed by atoms with Crippen molar-refractivity contribution in [3.05, 3.63) is 34.4 Å². The van der Waals surface area contributed by atoms with E-state index in [-0.39, 0.29) is 35.9 Å². The van der Waals surface area contributed by atoms with Crippen LogP contribution in [0.1, 0.15) is 68.7 Å². The Bertz CT molecular complexity index is 742. The molecule has 1 fully saturated rings. The lowest BCUT2D eigenvalue weighted by atomic mass is 9.85. The summed E-state index contributed by atoms with van der Waals surface area (Å²) in [5.74, 6) is -1.43. The molecule has 1 aromatic carbocycles. The largest absolute Gasteiger partial charge is 0.341 e. The number of hydrogen-bond donors (Lipinski definition) is 0. The molecule has 26 heavy (non-hydrogen) atoms. The van der Waals surface area contributed by atoms with E-state index in [4.69, 9.17) is 0 Å². The zero-order valence-electron chi connectivity index (χ0n) is 17.1. The first kappa shape index (κ1) is 20.3. The number of Topliss-reactive ketones (excluding diaryl/α,β-unsaturated/α-hetero) is 2. The van der Waals surface area contributed by atoms with E-state index in [0.717, 1.165) is 28.7 Å². The highest BCUT2D eigenvalue weighted by Gasteiger charge is 2.44. The molecule has 0 heterocycles. The number of carbonyl (C=O) groups excluding carboxylic acids is 3. The molecule has 0 spiro atoms. The zero-order valence-corrected chi connectivity index (χ0v) is 17.1. The summed E-state index contributed by atoms with van der Waals surface area (Å²) in [5, 5.41) is 0. The first-order valence-electron chi connectivity index (χ1n) is 9.40. The summed E-state index contributed by atoms with van der Waals surface area (Å²) in [6.45, 7) is 11.9. The van der Waals surface area contributed by atoms with E-state index in [1.54, 1.807) is 11.9 Å². The summed E-state index contributed by atoms with van der Waals surface area (Å²) in [7, 11) is 1.75. The number of carbonyl (C=O) groups is 3. The molecule has 0 N–H and O–H groups in total. The fourth-order valence-corrected chi connectivity index (χ4v) is 3.83. The number of aryl methyl sites for hydroxylation is 3. The maximum atomic E-state index is 13.0. The molecule has 0 radical (unpaired) electrons. The third-order valence-electron chi connectivity index (χ3n) is 5.54. The quantitative estimate of drug-likeness (QED) is 0.771. The van der Waals surface area contributed by atoms with Gasteiger partial charge >= 0.3 is 0 Å². The van der Waals surface area contributed by atoms with Gasteiger partial charge in [0.25, 0.3) is 0 Å². The number of rotatable bonds is 4. The Hall–Kier alpha value is -1.97. The number of benzene rings is 1. The van der Waals surface area contributed by atoms with Crippen LogP contribution in [0.2, 0.25) is 0 Å². The van der Waals surface area contributed by atoms with Gasteiger partial charge in [-0.3, -0.25) is 14.4 Å². The van der Waals surface area contributed by atoms with Crippen LogP contribution < -0.4 is 0 Å². The third-order valence-corrected chi connectivity index (χ3v) is 5.54. The molecule has 4 nitrogen and oxygen atoms in total. The van der Waals surface area contributed by atoms with Gasteiger partial charge in [-0.2, -0.15) is 0 Å². The number of ketones is 2. The lowest BCUT2D eigenvalue weighted by molar-refractivity contribution is -0.137. The van der Waals surface area contributed by atoms with Crippen LogP contribution in [0, 0.1) is 19.8 Å². The van der Waals surface area contributed by atoms with E-state index in [1.807, 2.05) is 47.6 Å². The second-order valence-corrected chi connectivity index (χ2v) is 8.54. The molecule has 0 aliphatic heterocycles. The molecule has 1 aliphatic carbocycles. The minimum absolute atomic E-state index is 0.0483. The Balaban J connectivity index is 2.29. The molecule has 0 aromatic heterocycles. The SMILES string of the molecule is CCc1cc(C)cc(C)c1C1C(=O)CC(CC(=O)N(C)C(C)(C)C)C1=O. The minimum Gasteiger partial charge on any atom is -0.341 e. The van der Waals surface area contributed by atoms with Crippen molar-refractivity contribution in [3.63, 3.8) is 0 Å². The summed E-state index contributed by atoms with van der Waals surface area (Å²) in [6, 6.07) is 4.09. The van der Waals surface area contributed by atoms with Gasteiger partial charge in [-0.15, -0.1) is 0 Å². The lowest BCUT2D eigenvalue weighted by Crippen LogP contribution is -2.43. The standard InChI is InChI=1S/C22H31NO3/c1-8-15-10-13(2)9-14(3)19(15)20-17(24)11-16(21(20)26)12-18(25)23(7)22(4,5)6/h9-10,16,20H,8,11-12H2,1-7H3. The molecule has 142 valence electrons. The van der Waals surface area contributed by atoms with Gasteiger partial charge in [-0.05, 0) is 57.7 Å². The van der Waals surface area contributed by atoms with Crippen molar-refractivity contribution in [2.75, 3.05) is 7.05 Å². The van der Waals surface area contributed by atoms with Crippen molar-refractivity contribution >= 4 is 17.5 Å². The Labute approximate surface area is 157 Å². The van der Waals surface area contributed by atoms with E-state index in [2.05, 4.69) is 6.07 Å². The van der Waals surface area contributed by atoms with Gasteiger partial charge in [-0.25, -0.2) is 0 Å². The van der Waals surface area contributed by atoms with Crippen LogP contribution in [0.3, 0.4) is 0 Å². The van der Waals surface area contributed by atoms with Crippen molar-refractivity contribution in [2.45, 2.75) is 72.3 Å². The van der Waals surface area contributed by atoms with Gasteiger partial charge in [0.15, 0.2) is 5.78 Å². The Morgan fingerprint density at radius 1 is 1.19 bits per heavy atom. The first-order valence-corrected chi connectivity index (χ1v) is 9.40. The molecule has 4 heteroatoms. The van der Waals surface area contributed by atoms with Crippen molar-refractivity contribution in [2.24, 2.45) is 5.92 Å². The van der Waals surface area contributed by atoms with Gasteiger partial charge in [0.1, 0.15) is 11.7 Å². The Kier molecular flexibility index (Phi) is 5.74. The predicted molar refractivity (Wildman–Crippen MR) is 103 cm³/mol. The number of nitrogens with zero attached hydrogens (tertiary/aromatic N) is 1. The number of amides is 1. The highest BCUT2D eigenvalue weighted by Crippen LogP contribution is 2.38. The zero-order chi connectivity index (χ0) is 19.8. The summed E-state index contributed by atoms with van der Waals surface area (Å²) in [5.41, 5.74) is 3.76. The van der Waals surface area contributed by atoms with Crippen LogP contribution in [0.4, 0.5) is 0 Å². The average Bonchev–Trinajstić information content (AvgIpc) is 2.79. The smallest absolute Gasteiger partial charge is 0.223 e. The average molecular weight is 357 g/mol. The maximum absolute atomic E-state index is 13.0. The van der Waals surface area contributed by atoms with Crippen molar-refractivity contribution in [3.8, 4) is 0 Å². The molecule has 0 bridgehead atoms. The molecule has 1 aromatic rings. The van der Waals surface area contributed by atoms with Crippen LogP contribution in [-0.4, -0.2) is 35.0 Å². The van der Waals surface area contributed by atoms with Crippen LogP contribution in [0.5, 0.6) is 0 Å². The topological polar surface area (TPSA) is 54.5 Å². The maximum Gasteiger partial charge on any atom is 0.223 e. The summed E-state index contributed by atoms with van der Waals surface area (Å²) < 4.78 is 0. The fraction of sp³-hybridized carbons (Fsp3) is 0.591. The molecular weight excluding hydrogens is 326 g/mol. The first-order chi connectivity index (χ1) is 12.0. The van der Waals surface area contributed by atoms with Crippen molar-refractivity contribution in [1.29, 1.82) is 0 Å². The predicted octanol–water partition coefficient (Wildman–Crippen LogP) is 3.75. The highest BCUT2D eigenvalue weighted by molar-refractivity contribution is 6.15. The molecule has 2 unspecified atom stereocenters. The minimum atomic E-state index is -0.705. The van der Waals surface area contributed by atoms with Crippen LogP contribution >= 0.6 is 0 Å².